The molecule has 1 N–H and O–H groups in total. The minimum atomic E-state index is -0.0460. The zero-order chi connectivity index (χ0) is 12.4. The van der Waals surface area contributed by atoms with Crippen molar-refractivity contribution in [2.45, 2.75) is 0 Å². The first-order valence-corrected chi connectivity index (χ1v) is 6.05. The van der Waals surface area contributed by atoms with E-state index in [0.717, 1.165) is 30.1 Å². The van der Waals surface area contributed by atoms with Crippen LogP contribution in [0.25, 0.3) is 11.1 Å². The van der Waals surface area contributed by atoms with E-state index in [2.05, 4.69) is 4.90 Å². The van der Waals surface area contributed by atoms with Crippen molar-refractivity contribution in [3.05, 3.63) is 36.4 Å². The lowest BCUT2D eigenvalue weighted by atomic mass is 10.1. The van der Waals surface area contributed by atoms with Crippen molar-refractivity contribution in [1.82, 2.24) is 0 Å². The van der Waals surface area contributed by atoms with Crippen molar-refractivity contribution < 1.29 is 14.3 Å². The molecule has 0 spiro atoms. The quantitative estimate of drug-likeness (QED) is 0.883. The second-order valence-corrected chi connectivity index (χ2v) is 4.27. The summed E-state index contributed by atoms with van der Waals surface area (Å²) in [6, 6.07) is 11.6. The van der Waals surface area contributed by atoms with Crippen LogP contribution in [0.1, 0.15) is 0 Å². The number of hydrogen-bond acceptors (Lipinski definition) is 4. The number of nitrogens with zero attached hydrogens (tertiary/aromatic N) is 1. The standard InChI is InChI=1S/C14H15NO3/c16-13-10-12(11-4-2-1-3-5-11)14(18-13)15-6-8-17-9-7-15/h1-5,10,16H,6-9H2. The summed E-state index contributed by atoms with van der Waals surface area (Å²) in [6.45, 7) is 2.95. The Labute approximate surface area is 105 Å². The summed E-state index contributed by atoms with van der Waals surface area (Å²) in [5, 5.41) is 9.60. The van der Waals surface area contributed by atoms with E-state index < -0.39 is 0 Å². The van der Waals surface area contributed by atoms with E-state index in [-0.39, 0.29) is 5.95 Å². The fraction of sp³-hybridized carbons (Fsp3) is 0.286. The van der Waals surface area contributed by atoms with Crippen LogP contribution in [-0.4, -0.2) is 31.4 Å². The number of benzene rings is 1. The lowest BCUT2D eigenvalue weighted by Crippen LogP contribution is -2.36. The van der Waals surface area contributed by atoms with Crippen LogP contribution in [0.4, 0.5) is 5.88 Å². The first-order valence-electron chi connectivity index (χ1n) is 6.05. The summed E-state index contributed by atoms with van der Waals surface area (Å²) in [6.07, 6.45) is 0. The SMILES string of the molecule is Oc1cc(-c2ccccc2)c(N2CCOCC2)o1. The number of anilines is 1. The van der Waals surface area contributed by atoms with Crippen LogP contribution in [0.3, 0.4) is 0 Å². The third-order valence-corrected chi connectivity index (χ3v) is 3.08. The van der Waals surface area contributed by atoms with Crippen molar-refractivity contribution in [3.8, 4) is 17.1 Å². The first kappa shape index (κ1) is 11.2. The third kappa shape index (κ3) is 2.07. The third-order valence-electron chi connectivity index (χ3n) is 3.08. The molecule has 4 heteroatoms. The molecule has 0 radical (unpaired) electrons. The molecule has 2 aromatic rings. The smallest absolute Gasteiger partial charge is 0.284 e. The Morgan fingerprint density at radius 2 is 1.78 bits per heavy atom. The average molecular weight is 245 g/mol. The zero-order valence-electron chi connectivity index (χ0n) is 10.0. The van der Waals surface area contributed by atoms with Crippen molar-refractivity contribution >= 4 is 5.88 Å². The summed E-state index contributed by atoms with van der Waals surface area (Å²) in [5.41, 5.74) is 1.97. The minimum Gasteiger partial charge on any atom is -0.481 e. The monoisotopic (exact) mass is 245 g/mol. The molecule has 0 atom stereocenters. The average Bonchev–Trinajstić information content (AvgIpc) is 2.83. The largest absolute Gasteiger partial charge is 0.481 e. The molecular formula is C14H15NO3. The Bertz CT molecular complexity index is 515. The van der Waals surface area contributed by atoms with Crippen LogP contribution in [0.15, 0.2) is 40.8 Å². The summed E-state index contributed by atoms with van der Waals surface area (Å²) < 4.78 is 10.8. The highest BCUT2D eigenvalue weighted by molar-refractivity contribution is 5.76. The predicted molar refractivity (Wildman–Crippen MR) is 68.8 cm³/mol. The van der Waals surface area contributed by atoms with Gasteiger partial charge in [-0.3, -0.25) is 0 Å². The van der Waals surface area contributed by atoms with Gasteiger partial charge in [0.15, 0.2) is 0 Å². The summed E-state index contributed by atoms with van der Waals surface area (Å²) in [7, 11) is 0. The van der Waals surface area contributed by atoms with Gasteiger partial charge in [0, 0.05) is 24.7 Å². The molecule has 1 aliphatic heterocycles. The van der Waals surface area contributed by atoms with Gasteiger partial charge < -0.3 is 19.2 Å². The molecule has 1 aliphatic rings. The highest BCUT2D eigenvalue weighted by atomic mass is 16.5. The minimum absolute atomic E-state index is 0.0460. The fourth-order valence-electron chi connectivity index (χ4n) is 2.19. The maximum atomic E-state index is 9.60. The Morgan fingerprint density at radius 1 is 1.06 bits per heavy atom. The van der Waals surface area contributed by atoms with Crippen molar-refractivity contribution in [3.63, 3.8) is 0 Å². The molecule has 2 heterocycles. The van der Waals surface area contributed by atoms with Crippen LogP contribution < -0.4 is 4.90 Å². The Hall–Kier alpha value is -1.94. The molecule has 0 bridgehead atoms. The van der Waals surface area contributed by atoms with Crippen molar-refractivity contribution in [1.29, 1.82) is 0 Å². The second kappa shape index (κ2) is 4.74. The lowest BCUT2D eigenvalue weighted by Gasteiger charge is -2.27. The molecule has 94 valence electrons. The van der Waals surface area contributed by atoms with Gasteiger partial charge in [0.2, 0.25) is 5.88 Å². The molecule has 1 aromatic heterocycles. The summed E-state index contributed by atoms with van der Waals surface area (Å²) >= 11 is 0. The molecule has 0 aliphatic carbocycles. The topological polar surface area (TPSA) is 45.8 Å². The molecule has 18 heavy (non-hydrogen) atoms. The molecule has 1 saturated heterocycles. The Balaban J connectivity index is 1.99. The van der Waals surface area contributed by atoms with Crippen LogP contribution in [0.5, 0.6) is 5.95 Å². The van der Waals surface area contributed by atoms with Gasteiger partial charge in [-0.2, -0.15) is 0 Å². The van der Waals surface area contributed by atoms with E-state index in [4.69, 9.17) is 9.15 Å². The molecule has 0 unspecified atom stereocenters. The van der Waals surface area contributed by atoms with E-state index in [9.17, 15) is 5.11 Å². The van der Waals surface area contributed by atoms with Gasteiger partial charge in [-0.1, -0.05) is 30.3 Å². The fourth-order valence-corrected chi connectivity index (χ4v) is 2.19. The van der Waals surface area contributed by atoms with E-state index in [1.807, 2.05) is 30.3 Å². The van der Waals surface area contributed by atoms with Gasteiger partial charge in [0.05, 0.1) is 13.2 Å². The Kier molecular flexibility index (Phi) is 2.94. The van der Waals surface area contributed by atoms with E-state index in [1.165, 1.54) is 0 Å². The zero-order valence-corrected chi connectivity index (χ0v) is 10.0. The van der Waals surface area contributed by atoms with Gasteiger partial charge >= 0.3 is 0 Å². The highest BCUT2D eigenvalue weighted by Crippen LogP contribution is 2.37. The molecule has 3 rings (SSSR count). The Morgan fingerprint density at radius 3 is 2.50 bits per heavy atom. The van der Waals surface area contributed by atoms with Crippen molar-refractivity contribution in [2.24, 2.45) is 0 Å². The van der Waals surface area contributed by atoms with E-state index in [1.54, 1.807) is 6.07 Å². The van der Waals surface area contributed by atoms with Gasteiger partial charge in [-0.25, -0.2) is 0 Å². The highest BCUT2D eigenvalue weighted by Gasteiger charge is 2.20. The molecule has 1 fully saturated rings. The summed E-state index contributed by atoms with van der Waals surface area (Å²) in [5.74, 6) is 0.678. The lowest BCUT2D eigenvalue weighted by molar-refractivity contribution is 0.120. The number of hydrogen-bond donors (Lipinski definition) is 1. The molecule has 4 nitrogen and oxygen atoms in total. The van der Waals surface area contributed by atoms with Crippen LogP contribution in [0.2, 0.25) is 0 Å². The molecule has 1 aromatic carbocycles. The van der Waals surface area contributed by atoms with Crippen molar-refractivity contribution in [2.75, 3.05) is 31.2 Å². The molecular weight excluding hydrogens is 230 g/mol. The normalized spacial score (nSPS) is 15.9. The summed E-state index contributed by atoms with van der Waals surface area (Å²) in [4.78, 5) is 2.10. The van der Waals surface area contributed by atoms with Crippen LogP contribution in [-0.2, 0) is 4.74 Å². The van der Waals surface area contributed by atoms with Gasteiger partial charge in [0.25, 0.3) is 5.95 Å². The number of ether oxygens (including phenoxy) is 1. The molecule has 0 saturated carbocycles. The van der Waals surface area contributed by atoms with Crippen LogP contribution >= 0.6 is 0 Å². The number of aromatic hydroxyl groups is 1. The number of rotatable bonds is 2. The number of furan rings is 1. The maximum absolute atomic E-state index is 9.60. The second-order valence-electron chi connectivity index (χ2n) is 4.27. The van der Waals surface area contributed by atoms with E-state index in [0.29, 0.717) is 13.2 Å². The first-order chi connectivity index (χ1) is 8.84. The van der Waals surface area contributed by atoms with Gasteiger partial charge in [-0.05, 0) is 5.56 Å². The van der Waals surface area contributed by atoms with E-state index >= 15 is 0 Å². The van der Waals surface area contributed by atoms with Crippen LogP contribution in [0, 0.1) is 0 Å². The predicted octanol–water partition coefficient (Wildman–Crippen LogP) is 2.49. The van der Waals surface area contributed by atoms with Gasteiger partial charge in [0.1, 0.15) is 0 Å². The van der Waals surface area contributed by atoms with Gasteiger partial charge in [-0.15, -0.1) is 0 Å². The number of morpholine rings is 1. The molecule has 0 amide bonds. The maximum Gasteiger partial charge on any atom is 0.284 e.